The number of esters is 2. The Morgan fingerprint density at radius 3 is 1.59 bits per heavy atom. The summed E-state index contributed by atoms with van der Waals surface area (Å²) in [6.45, 7) is 19.3. The lowest BCUT2D eigenvalue weighted by Crippen LogP contribution is -2.50. The van der Waals surface area contributed by atoms with E-state index >= 15 is 0 Å². The van der Waals surface area contributed by atoms with Gasteiger partial charge in [0.2, 0.25) is 27.3 Å². The average molecular weight is 645 g/mol. The lowest BCUT2D eigenvalue weighted by Gasteiger charge is -2.38. The highest BCUT2D eigenvalue weighted by atomic mass is 31.1. The molecule has 0 bridgehead atoms. The monoisotopic (exact) mass is 644 g/mol. The van der Waals surface area contributed by atoms with Gasteiger partial charge in [-0.3, -0.25) is 9.30 Å². The molecule has 0 radical (unpaired) electrons. The van der Waals surface area contributed by atoms with Crippen LogP contribution in [0.5, 0.6) is 0 Å². The molecule has 0 fully saturated rings. The summed E-state index contributed by atoms with van der Waals surface area (Å²) in [7, 11) is -0.585. The van der Waals surface area contributed by atoms with Gasteiger partial charge >= 0.3 is 17.5 Å². The summed E-state index contributed by atoms with van der Waals surface area (Å²) in [6, 6.07) is 0. The standard InChI is InChI=1S/C34H61O9P/c1-9-13-17-21-25-38-33(42-29(23-19-15-11-3)40-31(35)27(5)6)34(44-37,39-26-22-18-14-10-2)43-30(24-20-16-12-4)41-32(36)28(7)8/h29-30,33H,5,7,9-26H2,1-4,6,8H3. The fourth-order valence-corrected chi connectivity index (χ4v) is 4.66. The van der Waals surface area contributed by atoms with Crippen LogP contribution < -0.4 is 0 Å². The van der Waals surface area contributed by atoms with Crippen LogP contribution in [0.2, 0.25) is 0 Å². The zero-order chi connectivity index (χ0) is 33.2. The molecule has 0 aliphatic heterocycles. The molecule has 0 aromatic rings. The highest BCUT2D eigenvalue weighted by molar-refractivity contribution is 7.25. The second kappa shape index (κ2) is 26.6. The topological polar surface area (TPSA) is 107 Å². The van der Waals surface area contributed by atoms with E-state index in [-0.39, 0.29) is 24.4 Å². The third kappa shape index (κ3) is 19.0. The van der Waals surface area contributed by atoms with E-state index in [0.717, 1.165) is 77.0 Å². The number of carbonyl (C=O) groups excluding carboxylic acids is 2. The smallest absolute Gasteiger partial charge is 0.335 e. The van der Waals surface area contributed by atoms with Gasteiger partial charge in [-0.1, -0.05) is 105 Å². The Balaban J connectivity index is 6.56. The first kappa shape index (κ1) is 42.4. The maximum absolute atomic E-state index is 13.2. The van der Waals surface area contributed by atoms with E-state index < -0.39 is 44.8 Å². The molecule has 44 heavy (non-hydrogen) atoms. The van der Waals surface area contributed by atoms with Gasteiger partial charge in [-0.25, -0.2) is 9.59 Å². The Morgan fingerprint density at radius 1 is 0.659 bits per heavy atom. The summed E-state index contributed by atoms with van der Waals surface area (Å²) >= 11 is 0. The molecule has 0 saturated carbocycles. The van der Waals surface area contributed by atoms with Crippen LogP contribution in [0, 0.1) is 0 Å². The molecule has 0 spiro atoms. The molecule has 0 amide bonds. The molecule has 4 unspecified atom stereocenters. The van der Waals surface area contributed by atoms with Crippen molar-refractivity contribution in [3.05, 3.63) is 24.3 Å². The lowest BCUT2D eigenvalue weighted by atomic mass is 10.2. The number of carbonyl (C=O) groups is 2. The van der Waals surface area contributed by atoms with E-state index in [0.29, 0.717) is 25.7 Å². The molecule has 0 heterocycles. The summed E-state index contributed by atoms with van der Waals surface area (Å²) in [5.74, 6) is -1.23. The number of ether oxygens (including phenoxy) is 6. The minimum absolute atomic E-state index is 0.205. The van der Waals surface area contributed by atoms with Crippen LogP contribution in [0.15, 0.2) is 24.3 Å². The van der Waals surface area contributed by atoms with Gasteiger partial charge in [-0.05, 0) is 39.5 Å². The molecule has 9 nitrogen and oxygen atoms in total. The molecule has 0 rings (SSSR count). The van der Waals surface area contributed by atoms with Crippen LogP contribution in [-0.4, -0.2) is 49.6 Å². The lowest BCUT2D eigenvalue weighted by molar-refractivity contribution is -0.366. The number of hydrogen-bond donors (Lipinski definition) is 0. The summed E-state index contributed by atoms with van der Waals surface area (Å²) < 4.78 is 49.6. The van der Waals surface area contributed by atoms with Crippen LogP contribution in [0.1, 0.15) is 144 Å². The second-order valence-corrected chi connectivity index (χ2v) is 12.2. The first-order valence-electron chi connectivity index (χ1n) is 16.8. The fraction of sp³-hybridized carbons (Fsp3) is 0.824. The summed E-state index contributed by atoms with van der Waals surface area (Å²) in [5.41, 5.74) is -1.56. The van der Waals surface area contributed by atoms with Gasteiger partial charge in [0.05, 0.1) is 6.61 Å². The quantitative estimate of drug-likeness (QED) is 0.0248. The molecule has 0 aliphatic rings. The Bertz CT molecular complexity index is 819. The van der Waals surface area contributed by atoms with Crippen molar-refractivity contribution >= 4 is 20.4 Å². The van der Waals surface area contributed by atoms with Gasteiger partial charge in [0.1, 0.15) is 0 Å². The van der Waals surface area contributed by atoms with Crippen LogP contribution in [0.25, 0.3) is 0 Å². The molecule has 0 aromatic heterocycles. The van der Waals surface area contributed by atoms with Crippen LogP contribution >= 0.6 is 8.46 Å². The van der Waals surface area contributed by atoms with E-state index in [2.05, 4.69) is 40.9 Å². The first-order valence-corrected chi connectivity index (χ1v) is 17.6. The zero-order valence-corrected chi connectivity index (χ0v) is 29.4. The van der Waals surface area contributed by atoms with Crippen LogP contribution in [-0.2, 0) is 42.6 Å². The SMILES string of the molecule is C=C(C)C(=O)OC(CCCCC)OC(OCCCCCC)C(OCCCCCC)(OC(CCCCC)OC(=O)C(=C)C)P=O. The van der Waals surface area contributed by atoms with E-state index in [4.69, 9.17) is 28.4 Å². The van der Waals surface area contributed by atoms with E-state index in [1.165, 1.54) is 0 Å². The van der Waals surface area contributed by atoms with Gasteiger partial charge in [0.25, 0.3) is 0 Å². The molecule has 0 aromatic carbocycles. The van der Waals surface area contributed by atoms with E-state index in [1.807, 2.05) is 0 Å². The highest BCUT2D eigenvalue weighted by Gasteiger charge is 2.49. The third-order valence-electron chi connectivity index (χ3n) is 6.84. The molecule has 0 N–H and O–H groups in total. The fourth-order valence-electron chi connectivity index (χ4n) is 4.13. The summed E-state index contributed by atoms with van der Waals surface area (Å²) in [4.78, 5) is 25.2. The van der Waals surface area contributed by atoms with Crippen molar-refractivity contribution in [3.63, 3.8) is 0 Å². The molecular weight excluding hydrogens is 583 g/mol. The van der Waals surface area contributed by atoms with Crippen molar-refractivity contribution in [2.75, 3.05) is 13.2 Å². The predicted molar refractivity (Wildman–Crippen MR) is 174 cm³/mol. The number of hydrogen-bond acceptors (Lipinski definition) is 9. The van der Waals surface area contributed by atoms with Crippen molar-refractivity contribution < 1.29 is 42.6 Å². The Morgan fingerprint density at radius 2 is 1.11 bits per heavy atom. The van der Waals surface area contributed by atoms with Gasteiger partial charge in [0.15, 0.2) is 0 Å². The van der Waals surface area contributed by atoms with Gasteiger partial charge in [-0.15, -0.1) is 0 Å². The van der Waals surface area contributed by atoms with Crippen LogP contribution in [0.3, 0.4) is 0 Å². The Hall–Kier alpha value is -1.64. The minimum Gasteiger partial charge on any atom is -0.432 e. The summed E-state index contributed by atoms with van der Waals surface area (Å²) in [5, 5.41) is 0. The Labute approximate surface area is 269 Å². The van der Waals surface area contributed by atoms with E-state index in [9.17, 15) is 14.2 Å². The van der Waals surface area contributed by atoms with Gasteiger partial charge in [-0.2, -0.15) is 0 Å². The maximum Gasteiger partial charge on any atom is 0.335 e. The molecular formula is C34H61O9P. The number of unbranched alkanes of at least 4 members (excludes halogenated alkanes) is 10. The minimum atomic E-state index is -2.00. The van der Waals surface area contributed by atoms with Crippen molar-refractivity contribution in [3.8, 4) is 0 Å². The second-order valence-electron chi connectivity index (χ2n) is 11.4. The zero-order valence-electron chi connectivity index (χ0n) is 28.5. The largest absolute Gasteiger partial charge is 0.432 e. The molecule has 0 saturated heterocycles. The van der Waals surface area contributed by atoms with E-state index in [1.54, 1.807) is 13.8 Å². The van der Waals surface area contributed by atoms with Crippen LogP contribution in [0.4, 0.5) is 0 Å². The van der Waals surface area contributed by atoms with Crippen molar-refractivity contribution in [1.29, 1.82) is 0 Å². The van der Waals surface area contributed by atoms with Crippen molar-refractivity contribution in [2.45, 2.75) is 169 Å². The third-order valence-corrected chi connectivity index (χ3v) is 7.54. The Kier molecular flexibility index (Phi) is 25.6. The molecule has 4 atom stereocenters. The van der Waals surface area contributed by atoms with Crippen molar-refractivity contribution in [2.24, 2.45) is 0 Å². The maximum atomic E-state index is 13.2. The van der Waals surface area contributed by atoms with Crippen molar-refractivity contribution in [1.82, 2.24) is 0 Å². The summed E-state index contributed by atoms with van der Waals surface area (Å²) in [6.07, 6.45) is 9.76. The predicted octanol–water partition coefficient (Wildman–Crippen LogP) is 9.54. The molecule has 10 heteroatoms. The first-order chi connectivity index (χ1) is 21.1. The molecule has 256 valence electrons. The van der Waals surface area contributed by atoms with Gasteiger partial charge < -0.3 is 23.7 Å². The average Bonchev–Trinajstić information content (AvgIpc) is 2.99. The normalized spacial score (nSPS) is 14.9. The van der Waals surface area contributed by atoms with Gasteiger partial charge in [0, 0.05) is 30.6 Å². The highest BCUT2D eigenvalue weighted by Crippen LogP contribution is 2.38. The molecule has 0 aliphatic carbocycles. The number of rotatable bonds is 30.